The van der Waals surface area contributed by atoms with Gasteiger partial charge in [0.15, 0.2) is 11.5 Å². The van der Waals surface area contributed by atoms with Crippen molar-refractivity contribution in [2.75, 3.05) is 13.4 Å². The van der Waals surface area contributed by atoms with Crippen molar-refractivity contribution in [1.82, 2.24) is 4.57 Å². The van der Waals surface area contributed by atoms with Crippen LogP contribution in [0.25, 0.3) is 0 Å². The Morgan fingerprint density at radius 1 is 1.26 bits per heavy atom. The highest BCUT2D eigenvalue weighted by Gasteiger charge is 2.36. The lowest BCUT2D eigenvalue weighted by molar-refractivity contribution is 0.0955. The van der Waals surface area contributed by atoms with Crippen LogP contribution in [0.15, 0.2) is 38.9 Å². The molecule has 4 heterocycles. The maximum absolute atomic E-state index is 13.7. The Morgan fingerprint density at radius 2 is 2.03 bits per heavy atom. The molecule has 8 nitrogen and oxygen atoms in total. The zero-order valence-electron chi connectivity index (χ0n) is 16.8. The van der Waals surface area contributed by atoms with Crippen molar-refractivity contribution < 1.29 is 18.9 Å². The van der Waals surface area contributed by atoms with E-state index in [0.29, 0.717) is 46.0 Å². The fourth-order valence-corrected chi connectivity index (χ4v) is 4.92. The van der Waals surface area contributed by atoms with Crippen molar-refractivity contribution in [1.29, 1.82) is 5.26 Å². The van der Waals surface area contributed by atoms with Crippen molar-refractivity contribution in [3.63, 3.8) is 0 Å². The largest absolute Gasteiger partial charge is 0.454 e. The zero-order valence-corrected chi connectivity index (χ0v) is 18.4. The van der Waals surface area contributed by atoms with Crippen molar-refractivity contribution in [2.45, 2.75) is 38.3 Å². The van der Waals surface area contributed by atoms with Gasteiger partial charge in [-0.1, -0.05) is 15.9 Å². The van der Waals surface area contributed by atoms with E-state index < -0.39 is 5.92 Å². The van der Waals surface area contributed by atoms with Crippen molar-refractivity contribution in [3.05, 3.63) is 61.3 Å². The molecule has 0 aliphatic carbocycles. The molecule has 5 rings (SSSR count). The van der Waals surface area contributed by atoms with Crippen molar-refractivity contribution in [2.24, 2.45) is 5.73 Å². The first-order valence-electron chi connectivity index (χ1n) is 10.0. The van der Waals surface area contributed by atoms with Crippen LogP contribution in [0, 0.1) is 18.3 Å². The average Bonchev–Trinajstić information content (AvgIpc) is 3.41. The number of ether oxygens (including phenoxy) is 4. The SMILES string of the molecule is Cc1cc2c(c(=O)n1C[C@H]1CCCO1)[C@H](c1cc3c(cc1Br)OCO3)C(C#N)=C(N)O2. The molecule has 0 spiro atoms. The summed E-state index contributed by atoms with van der Waals surface area (Å²) in [5.74, 6) is 0.783. The van der Waals surface area contributed by atoms with Crippen LogP contribution in [0.2, 0.25) is 0 Å². The monoisotopic (exact) mass is 485 g/mol. The second kappa shape index (κ2) is 7.62. The van der Waals surface area contributed by atoms with Gasteiger partial charge in [-0.05, 0) is 37.5 Å². The Balaban J connectivity index is 1.70. The minimum absolute atomic E-state index is 0.00858. The summed E-state index contributed by atoms with van der Waals surface area (Å²) in [5.41, 5.74) is 7.85. The number of nitrogens with two attached hydrogens (primary N) is 1. The van der Waals surface area contributed by atoms with Crippen LogP contribution in [0.1, 0.15) is 35.6 Å². The van der Waals surface area contributed by atoms with Crippen LogP contribution in [0.4, 0.5) is 0 Å². The highest BCUT2D eigenvalue weighted by Crippen LogP contribution is 2.46. The lowest BCUT2D eigenvalue weighted by atomic mass is 9.83. The minimum Gasteiger partial charge on any atom is -0.454 e. The van der Waals surface area contributed by atoms with Crippen LogP contribution < -0.4 is 25.5 Å². The number of aryl methyl sites for hydroxylation is 1. The first kappa shape index (κ1) is 20.0. The summed E-state index contributed by atoms with van der Waals surface area (Å²) in [6.45, 7) is 3.13. The van der Waals surface area contributed by atoms with E-state index in [1.165, 1.54) is 0 Å². The van der Waals surface area contributed by atoms with E-state index in [1.807, 2.05) is 6.92 Å². The Hall–Kier alpha value is -2.96. The summed E-state index contributed by atoms with van der Waals surface area (Å²) in [6, 6.07) is 7.48. The third-order valence-electron chi connectivity index (χ3n) is 5.90. The molecule has 2 aromatic rings. The third-order valence-corrected chi connectivity index (χ3v) is 6.59. The average molecular weight is 486 g/mol. The molecule has 0 saturated carbocycles. The van der Waals surface area contributed by atoms with E-state index in [0.717, 1.165) is 18.5 Å². The Bertz CT molecular complexity index is 1210. The van der Waals surface area contributed by atoms with Gasteiger partial charge in [0.25, 0.3) is 5.56 Å². The molecule has 0 unspecified atom stereocenters. The molecule has 2 atom stereocenters. The summed E-state index contributed by atoms with van der Waals surface area (Å²) in [4.78, 5) is 13.7. The quantitative estimate of drug-likeness (QED) is 0.711. The molecule has 3 aliphatic rings. The topological polar surface area (TPSA) is 109 Å². The van der Waals surface area contributed by atoms with Gasteiger partial charge in [-0.25, -0.2) is 0 Å². The lowest BCUT2D eigenvalue weighted by Crippen LogP contribution is -2.35. The highest BCUT2D eigenvalue weighted by molar-refractivity contribution is 9.10. The Labute approximate surface area is 186 Å². The molecule has 1 fully saturated rings. The van der Waals surface area contributed by atoms with Crippen LogP contribution in [-0.4, -0.2) is 24.1 Å². The number of pyridine rings is 1. The molecule has 31 heavy (non-hydrogen) atoms. The first-order chi connectivity index (χ1) is 15.0. The summed E-state index contributed by atoms with van der Waals surface area (Å²) >= 11 is 3.56. The van der Waals surface area contributed by atoms with Crippen LogP contribution in [-0.2, 0) is 11.3 Å². The molecule has 0 amide bonds. The van der Waals surface area contributed by atoms with Gasteiger partial charge in [0.05, 0.1) is 24.1 Å². The molecular formula is C22H20BrN3O5. The number of hydrogen-bond acceptors (Lipinski definition) is 7. The standard InChI is InChI=1S/C22H20BrN3O5/c1-11-5-18-20(22(27)26(11)9-12-3-2-4-28-12)19(14(8-24)21(25)31-18)13-6-16-17(7-15(13)23)30-10-29-16/h5-7,12,19H,2-4,9-10,25H2,1H3/t12-,19-/m1/s1. The predicted molar refractivity (Wildman–Crippen MR) is 114 cm³/mol. The van der Waals surface area contributed by atoms with Gasteiger partial charge in [-0.15, -0.1) is 0 Å². The summed E-state index contributed by atoms with van der Waals surface area (Å²) in [7, 11) is 0. The van der Waals surface area contributed by atoms with Crippen LogP contribution in [0.5, 0.6) is 17.2 Å². The molecule has 1 aromatic carbocycles. The number of nitrogens with zero attached hydrogens (tertiary/aromatic N) is 2. The van der Waals surface area contributed by atoms with E-state index in [-0.39, 0.29) is 29.9 Å². The van der Waals surface area contributed by atoms with Gasteiger partial charge in [-0.3, -0.25) is 4.79 Å². The van der Waals surface area contributed by atoms with Gasteiger partial charge in [0, 0.05) is 22.8 Å². The second-order valence-electron chi connectivity index (χ2n) is 7.77. The number of hydrogen-bond donors (Lipinski definition) is 1. The van der Waals surface area contributed by atoms with Crippen molar-refractivity contribution in [3.8, 4) is 23.3 Å². The van der Waals surface area contributed by atoms with Gasteiger partial charge >= 0.3 is 0 Å². The number of halogens is 1. The minimum atomic E-state index is -0.707. The highest BCUT2D eigenvalue weighted by atomic mass is 79.9. The normalized spacial score (nSPS) is 21.6. The van der Waals surface area contributed by atoms with E-state index in [2.05, 4.69) is 22.0 Å². The molecule has 2 N–H and O–H groups in total. The smallest absolute Gasteiger partial charge is 0.258 e. The molecule has 9 heteroatoms. The lowest BCUT2D eigenvalue weighted by Gasteiger charge is -2.28. The summed E-state index contributed by atoms with van der Waals surface area (Å²) < 4.78 is 24.8. The predicted octanol–water partition coefficient (Wildman–Crippen LogP) is 3.05. The molecule has 0 radical (unpaired) electrons. The molecule has 160 valence electrons. The van der Waals surface area contributed by atoms with Gasteiger partial charge < -0.3 is 29.2 Å². The summed E-state index contributed by atoms with van der Waals surface area (Å²) in [6.07, 6.45) is 1.88. The Kier molecular flexibility index (Phi) is 4.91. The van der Waals surface area contributed by atoms with Crippen LogP contribution in [0.3, 0.4) is 0 Å². The number of rotatable bonds is 3. The third kappa shape index (κ3) is 3.27. The van der Waals surface area contributed by atoms with Crippen molar-refractivity contribution >= 4 is 15.9 Å². The van der Waals surface area contributed by atoms with E-state index >= 15 is 0 Å². The molecule has 3 aliphatic heterocycles. The van der Waals surface area contributed by atoms with E-state index in [9.17, 15) is 10.1 Å². The van der Waals surface area contributed by atoms with E-state index in [1.54, 1.807) is 22.8 Å². The van der Waals surface area contributed by atoms with E-state index in [4.69, 9.17) is 24.7 Å². The maximum atomic E-state index is 13.7. The van der Waals surface area contributed by atoms with Gasteiger partial charge in [0.1, 0.15) is 17.4 Å². The second-order valence-corrected chi connectivity index (χ2v) is 8.62. The zero-order chi connectivity index (χ0) is 21.7. The number of allylic oxidation sites excluding steroid dienone is 1. The summed E-state index contributed by atoms with van der Waals surface area (Å²) in [5, 5.41) is 9.88. The van der Waals surface area contributed by atoms with Gasteiger partial charge in [-0.2, -0.15) is 5.26 Å². The number of aromatic nitrogens is 1. The van der Waals surface area contributed by atoms with Gasteiger partial charge in [0.2, 0.25) is 12.7 Å². The number of nitriles is 1. The molecule has 0 bridgehead atoms. The number of fused-ring (bicyclic) bond motifs is 2. The Morgan fingerprint density at radius 3 is 2.74 bits per heavy atom. The molecule has 1 aromatic heterocycles. The number of benzene rings is 1. The van der Waals surface area contributed by atoms with Crippen LogP contribution >= 0.6 is 15.9 Å². The fraction of sp³-hybridized carbons (Fsp3) is 0.364. The molecule has 1 saturated heterocycles. The maximum Gasteiger partial charge on any atom is 0.258 e. The first-order valence-corrected chi connectivity index (χ1v) is 10.8. The molecular weight excluding hydrogens is 466 g/mol. The fourth-order valence-electron chi connectivity index (χ4n) is 4.37.